The summed E-state index contributed by atoms with van der Waals surface area (Å²) < 4.78 is 5.44. The Morgan fingerprint density at radius 2 is 1.90 bits per heavy atom. The zero-order valence-electron chi connectivity index (χ0n) is 10.8. The molecule has 20 heavy (non-hydrogen) atoms. The Bertz CT molecular complexity index is 747. The van der Waals surface area contributed by atoms with Gasteiger partial charge in [0.15, 0.2) is 11.5 Å². The Labute approximate surface area is 126 Å². The second-order valence-electron chi connectivity index (χ2n) is 4.47. The van der Waals surface area contributed by atoms with Crippen LogP contribution in [0.25, 0.3) is 11.1 Å². The minimum Gasteiger partial charge on any atom is -0.441 e. The highest BCUT2D eigenvalue weighted by molar-refractivity contribution is 6.36. The number of anilines is 1. The first-order valence-corrected chi connectivity index (χ1v) is 6.93. The van der Waals surface area contributed by atoms with E-state index < -0.39 is 0 Å². The molecule has 1 heterocycles. The largest absolute Gasteiger partial charge is 0.441 e. The monoisotopic (exact) mass is 306 g/mol. The van der Waals surface area contributed by atoms with Crippen molar-refractivity contribution in [3.63, 3.8) is 0 Å². The van der Waals surface area contributed by atoms with Gasteiger partial charge in [-0.1, -0.05) is 29.3 Å². The van der Waals surface area contributed by atoms with Gasteiger partial charge in [0, 0.05) is 34.8 Å². The van der Waals surface area contributed by atoms with Gasteiger partial charge in [0.25, 0.3) is 0 Å². The smallest absolute Gasteiger partial charge is 0.192 e. The molecule has 3 nitrogen and oxygen atoms in total. The molecular weight excluding hydrogens is 295 g/mol. The number of benzene rings is 2. The molecule has 0 saturated carbocycles. The molecule has 0 amide bonds. The first kappa shape index (κ1) is 13.3. The molecular formula is C15H12Cl2N2O. The predicted octanol–water partition coefficient (Wildman–Crippen LogP) is 5.06. The van der Waals surface area contributed by atoms with Crippen LogP contribution < -0.4 is 5.32 Å². The summed E-state index contributed by atoms with van der Waals surface area (Å²) in [6, 6.07) is 11.3. The van der Waals surface area contributed by atoms with Gasteiger partial charge in [-0.05, 0) is 30.3 Å². The van der Waals surface area contributed by atoms with Crippen LogP contribution >= 0.6 is 23.2 Å². The summed E-state index contributed by atoms with van der Waals surface area (Å²) in [6.45, 7) is 2.39. The molecule has 0 aliphatic rings. The third kappa shape index (κ3) is 2.60. The molecule has 0 spiro atoms. The van der Waals surface area contributed by atoms with E-state index in [2.05, 4.69) is 10.3 Å². The van der Waals surface area contributed by atoms with Gasteiger partial charge in [-0.2, -0.15) is 0 Å². The van der Waals surface area contributed by atoms with Crippen molar-refractivity contribution >= 4 is 40.0 Å². The first-order valence-electron chi connectivity index (χ1n) is 6.17. The Morgan fingerprint density at radius 3 is 2.65 bits per heavy atom. The predicted molar refractivity (Wildman–Crippen MR) is 82.5 cm³/mol. The molecule has 1 N–H and O–H groups in total. The fraction of sp³-hybridized carbons (Fsp3) is 0.133. The van der Waals surface area contributed by atoms with Crippen LogP contribution in [0.3, 0.4) is 0 Å². The summed E-state index contributed by atoms with van der Waals surface area (Å²) in [5, 5.41) is 4.61. The van der Waals surface area contributed by atoms with Crippen LogP contribution in [0.1, 0.15) is 11.5 Å². The number of rotatable bonds is 3. The Morgan fingerprint density at radius 1 is 1.15 bits per heavy atom. The lowest BCUT2D eigenvalue weighted by Crippen LogP contribution is -2.00. The van der Waals surface area contributed by atoms with E-state index in [1.807, 2.05) is 43.3 Å². The Balaban J connectivity index is 1.83. The van der Waals surface area contributed by atoms with E-state index in [0.717, 1.165) is 22.4 Å². The molecule has 0 fully saturated rings. The summed E-state index contributed by atoms with van der Waals surface area (Å²) in [7, 11) is 0. The van der Waals surface area contributed by atoms with Crippen molar-refractivity contribution in [3.05, 3.63) is 57.9 Å². The number of nitrogens with zero attached hydrogens (tertiary/aromatic N) is 1. The second kappa shape index (κ2) is 5.35. The van der Waals surface area contributed by atoms with Gasteiger partial charge in [0.2, 0.25) is 0 Å². The average Bonchev–Trinajstić information content (AvgIpc) is 2.77. The Kier molecular flexibility index (Phi) is 3.55. The lowest BCUT2D eigenvalue weighted by Gasteiger charge is -2.09. The van der Waals surface area contributed by atoms with Gasteiger partial charge in [0.1, 0.15) is 5.52 Å². The molecule has 2 aromatic carbocycles. The lowest BCUT2D eigenvalue weighted by atomic mass is 10.2. The van der Waals surface area contributed by atoms with Gasteiger partial charge in [-0.15, -0.1) is 0 Å². The fourth-order valence-electron chi connectivity index (χ4n) is 2.04. The van der Waals surface area contributed by atoms with Crippen LogP contribution in [0.4, 0.5) is 5.69 Å². The first-order chi connectivity index (χ1) is 9.63. The normalized spacial score (nSPS) is 10.9. The number of oxazole rings is 1. The summed E-state index contributed by atoms with van der Waals surface area (Å²) >= 11 is 12.3. The maximum atomic E-state index is 6.14. The van der Waals surface area contributed by atoms with E-state index >= 15 is 0 Å². The van der Waals surface area contributed by atoms with Crippen LogP contribution in [0.15, 0.2) is 40.8 Å². The molecule has 0 unspecified atom stereocenters. The topological polar surface area (TPSA) is 38.1 Å². The molecule has 1 aromatic heterocycles. The summed E-state index contributed by atoms with van der Waals surface area (Å²) in [5.41, 5.74) is 3.44. The van der Waals surface area contributed by atoms with E-state index in [1.54, 1.807) is 0 Å². The van der Waals surface area contributed by atoms with Crippen molar-refractivity contribution in [2.45, 2.75) is 13.5 Å². The van der Waals surface area contributed by atoms with Crippen LogP contribution in [0.2, 0.25) is 10.0 Å². The van der Waals surface area contributed by atoms with Crippen molar-refractivity contribution in [1.29, 1.82) is 0 Å². The van der Waals surface area contributed by atoms with E-state index in [9.17, 15) is 0 Å². The van der Waals surface area contributed by atoms with Gasteiger partial charge >= 0.3 is 0 Å². The minimum absolute atomic E-state index is 0.556. The van der Waals surface area contributed by atoms with E-state index in [4.69, 9.17) is 27.6 Å². The molecule has 0 aliphatic carbocycles. The lowest BCUT2D eigenvalue weighted by molar-refractivity contribution is 0.561. The Hall–Kier alpha value is -1.71. The third-order valence-corrected chi connectivity index (χ3v) is 3.73. The molecule has 0 atom stereocenters. The van der Waals surface area contributed by atoms with E-state index in [-0.39, 0.29) is 0 Å². The number of aryl methyl sites for hydroxylation is 1. The molecule has 5 heteroatoms. The zero-order chi connectivity index (χ0) is 14.1. The highest BCUT2D eigenvalue weighted by atomic mass is 35.5. The minimum atomic E-state index is 0.556. The average molecular weight is 307 g/mol. The summed E-state index contributed by atoms with van der Waals surface area (Å²) in [6.07, 6.45) is 0. The molecule has 0 radical (unpaired) electrons. The third-order valence-electron chi connectivity index (χ3n) is 3.03. The highest BCUT2D eigenvalue weighted by Gasteiger charge is 2.06. The van der Waals surface area contributed by atoms with Crippen molar-refractivity contribution in [2.75, 3.05) is 5.32 Å². The second-order valence-corrected chi connectivity index (χ2v) is 5.28. The quantitative estimate of drug-likeness (QED) is 0.735. The summed E-state index contributed by atoms with van der Waals surface area (Å²) in [4.78, 5) is 4.31. The number of fused-ring (bicyclic) bond motifs is 1. The van der Waals surface area contributed by atoms with Gasteiger partial charge < -0.3 is 9.73 Å². The standard InChI is InChI=1S/C15H12Cl2N2O/c1-9-19-14-7-10(5-6-15(14)20-9)18-8-11-12(16)3-2-4-13(11)17/h2-7,18H,8H2,1H3. The van der Waals surface area contributed by atoms with E-state index in [1.165, 1.54) is 0 Å². The maximum absolute atomic E-state index is 6.14. The molecule has 0 aliphatic heterocycles. The number of hydrogen-bond donors (Lipinski definition) is 1. The maximum Gasteiger partial charge on any atom is 0.192 e. The molecule has 0 bridgehead atoms. The van der Waals surface area contributed by atoms with E-state index in [0.29, 0.717) is 22.5 Å². The van der Waals surface area contributed by atoms with Crippen LogP contribution in [-0.2, 0) is 6.54 Å². The molecule has 0 saturated heterocycles. The number of nitrogens with one attached hydrogen (secondary N) is 1. The number of aromatic nitrogens is 1. The van der Waals surface area contributed by atoms with Crippen LogP contribution in [0, 0.1) is 6.92 Å². The van der Waals surface area contributed by atoms with Crippen molar-refractivity contribution in [3.8, 4) is 0 Å². The highest BCUT2D eigenvalue weighted by Crippen LogP contribution is 2.26. The summed E-state index contributed by atoms with van der Waals surface area (Å²) in [5.74, 6) is 0.659. The van der Waals surface area contributed by atoms with Crippen molar-refractivity contribution in [2.24, 2.45) is 0 Å². The number of halogens is 2. The van der Waals surface area contributed by atoms with Crippen molar-refractivity contribution < 1.29 is 4.42 Å². The fourth-order valence-corrected chi connectivity index (χ4v) is 2.58. The SMILES string of the molecule is Cc1nc2cc(NCc3c(Cl)cccc3Cl)ccc2o1. The molecule has 3 aromatic rings. The molecule has 102 valence electrons. The van der Waals surface area contributed by atoms with Gasteiger partial charge in [-0.25, -0.2) is 4.98 Å². The van der Waals surface area contributed by atoms with Crippen LogP contribution in [-0.4, -0.2) is 4.98 Å². The number of hydrogen-bond acceptors (Lipinski definition) is 3. The van der Waals surface area contributed by atoms with Crippen molar-refractivity contribution in [1.82, 2.24) is 4.98 Å². The van der Waals surface area contributed by atoms with Crippen LogP contribution in [0.5, 0.6) is 0 Å². The van der Waals surface area contributed by atoms with Gasteiger partial charge in [0.05, 0.1) is 0 Å². The molecule has 3 rings (SSSR count). The van der Waals surface area contributed by atoms with Gasteiger partial charge in [-0.3, -0.25) is 0 Å². The zero-order valence-corrected chi connectivity index (χ0v) is 12.3.